The number of hydrogen-bond acceptors (Lipinski definition) is 2. The van der Waals surface area contributed by atoms with Gasteiger partial charge in [-0.15, -0.1) is 0 Å². The van der Waals surface area contributed by atoms with Crippen molar-refractivity contribution < 1.29 is 9.90 Å². The highest BCUT2D eigenvalue weighted by molar-refractivity contribution is 6.32. The smallest absolute Gasteiger partial charge is 0.305 e. The molecule has 1 rings (SSSR count). The summed E-state index contributed by atoms with van der Waals surface area (Å²) in [5, 5.41) is 9.25. The maximum Gasteiger partial charge on any atom is 0.305 e. The van der Waals surface area contributed by atoms with Crippen molar-refractivity contribution >= 4 is 17.6 Å². The van der Waals surface area contributed by atoms with Crippen molar-refractivity contribution in [3.63, 3.8) is 0 Å². The first-order valence-electron chi connectivity index (χ1n) is 4.66. The Kier molecular flexibility index (Phi) is 3.72. The number of hydrogen-bond donors (Lipinski definition) is 2. The summed E-state index contributed by atoms with van der Waals surface area (Å²) >= 11 is 6.10. The largest absolute Gasteiger partial charge is 0.481 e. The molecule has 0 aliphatic rings. The van der Waals surface area contributed by atoms with E-state index in [1.165, 1.54) is 0 Å². The van der Waals surface area contributed by atoms with Gasteiger partial charge in [0.05, 0.1) is 6.42 Å². The van der Waals surface area contributed by atoms with Gasteiger partial charge in [0.25, 0.3) is 0 Å². The topological polar surface area (TPSA) is 63.3 Å². The standard InChI is InChI=1S/C11H14ClNO2/c1-6-3-4-7(2)11(12)10(6)8(13)5-9(14)15/h3-4,8H,5,13H2,1-2H3,(H,14,15). The van der Waals surface area contributed by atoms with E-state index >= 15 is 0 Å². The second kappa shape index (κ2) is 4.64. The Bertz CT molecular complexity index is 390. The third-order valence-corrected chi connectivity index (χ3v) is 2.86. The molecule has 0 fully saturated rings. The Labute approximate surface area is 93.9 Å². The summed E-state index contributed by atoms with van der Waals surface area (Å²) in [5.41, 5.74) is 8.38. The minimum Gasteiger partial charge on any atom is -0.481 e. The number of carbonyl (C=O) groups is 1. The lowest BCUT2D eigenvalue weighted by Crippen LogP contribution is -2.17. The van der Waals surface area contributed by atoms with Gasteiger partial charge < -0.3 is 10.8 Å². The first kappa shape index (κ1) is 12.0. The van der Waals surface area contributed by atoms with E-state index in [0.29, 0.717) is 5.02 Å². The fourth-order valence-electron chi connectivity index (χ4n) is 1.54. The lowest BCUT2D eigenvalue weighted by Gasteiger charge is -2.16. The van der Waals surface area contributed by atoms with Crippen molar-refractivity contribution in [1.82, 2.24) is 0 Å². The molecular weight excluding hydrogens is 214 g/mol. The fourth-order valence-corrected chi connectivity index (χ4v) is 1.90. The van der Waals surface area contributed by atoms with Crippen LogP contribution in [0.3, 0.4) is 0 Å². The van der Waals surface area contributed by atoms with E-state index in [9.17, 15) is 4.79 Å². The Morgan fingerprint density at radius 3 is 2.53 bits per heavy atom. The molecule has 0 heterocycles. The van der Waals surface area contributed by atoms with Gasteiger partial charge in [-0.3, -0.25) is 4.79 Å². The molecule has 0 amide bonds. The molecule has 4 heteroatoms. The maximum atomic E-state index is 10.6. The predicted molar refractivity (Wildman–Crippen MR) is 60.1 cm³/mol. The molecule has 1 aromatic carbocycles. The molecule has 0 aromatic heterocycles. The van der Waals surface area contributed by atoms with Gasteiger partial charge in [0.1, 0.15) is 0 Å². The van der Waals surface area contributed by atoms with Gasteiger partial charge in [0, 0.05) is 11.1 Å². The van der Waals surface area contributed by atoms with E-state index in [0.717, 1.165) is 16.7 Å². The zero-order chi connectivity index (χ0) is 11.6. The maximum absolute atomic E-state index is 10.6. The van der Waals surface area contributed by atoms with Crippen LogP contribution in [0.25, 0.3) is 0 Å². The van der Waals surface area contributed by atoms with Crippen LogP contribution in [0.4, 0.5) is 0 Å². The zero-order valence-corrected chi connectivity index (χ0v) is 9.51. The molecular formula is C11H14ClNO2. The zero-order valence-electron chi connectivity index (χ0n) is 8.75. The van der Waals surface area contributed by atoms with Gasteiger partial charge in [-0.05, 0) is 30.5 Å². The third kappa shape index (κ3) is 2.70. The number of halogens is 1. The lowest BCUT2D eigenvalue weighted by atomic mass is 9.97. The lowest BCUT2D eigenvalue weighted by molar-refractivity contribution is -0.137. The van der Waals surface area contributed by atoms with Gasteiger partial charge in [0.2, 0.25) is 0 Å². The van der Waals surface area contributed by atoms with Crippen LogP contribution in [-0.4, -0.2) is 11.1 Å². The Hall–Kier alpha value is -1.06. The van der Waals surface area contributed by atoms with Crippen molar-refractivity contribution in [3.8, 4) is 0 Å². The molecule has 3 nitrogen and oxygen atoms in total. The van der Waals surface area contributed by atoms with E-state index in [4.69, 9.17) is 22.4 Å². The number of carboxylic acids is 1. The van der Waals surface area contributed by atoms with E-state index in [-0.39, 0.29) is 6.42 Å². The molecule has 1 atom stereocenters. The molecule has 82 valence electrons. The number of aliphatic carboxylic acids is 1. The first-order valence-corrected chi connectivity index (χ1v) is 5.04. The van der Waals surface area contributed by atoms with Gasteiger partial charge >= 0.3 is 5.97 Å². The van der Waals surface area contributed by atoms with Gasteiger partial charge in [0.15, 0.2) is 0 Å². The van der Waals surface area contributed by atoms with Crippen LogP contribution < -0.4 is 5.73 Å². The van der Waals surface area contributed by atoms with Crippen LogP contribution >= 0.6 is 11.6 Å². The fraction of sp³-hybridized carbons (Fsp3) is 0.364. The predicted octanol–water partition coefficient (Wildman–Crippen LogP) is 2.43. The number of nitrogens with two attached hydrogens (primary N) is 1. The molecule has 0 radical (unpaired) electrons. The van der Waals surface area contributed by atoms with E-state index in [1.54, 1.807) is 0 Å². The second-order valence-electron chi connectivity index (χ2n) is 3.63. The molecule has 0 saturated carbocycles. The first-order chi connectivity index (χ1) is 6.93. The summed E-state index contributed by atoms with van der Waals surface area (Å²) in [6.45, 7) is 3.75. The summed E-state index contributed by atoms with van der Waals surface area (Å²) in [6.07, 6.45) is -0.107. The van der Waals surface area contributed by atoms with Gasteiger partial charge in [-0.25, -0.2) is 0 Å². The summed E-state index contributed by atoms with van der Waals surface area (Å²) < 4.78 is 0. The van der Waals surface area contributed by atoms with Crippen LogP contribution in [0.15, 0.2) is 12.1 Å². The van der Waals surface area contributed by atoms with E-state index in [2.05, 4.69) is 0 Å². The number of aryl methyl sites for hydroxylation is 2. The average molecular weight is 228 g/mol. The SMILES string of the molecule is Cc1ccc(C)c(C(N)CC(=O)O)c1Cl. The van der Waals surface area contributed by atoms with Crippen LogP contribution in [0.1, 0.15) is 29.2 Å². The van der Waals surface area contributed by atoms with Crippen LogP contribution in [0.2, 0.25) is 5.02 Å². The minimum atomic E-state index is -0.917. The van der Waals surface area contributed by atoms with Crippen molar-refractivity contribution in [2.45, 2.75) is 26.3 Å². The monoisotopic (exact) mass is 227 g/mol. The number of carboxylic acid groups (broad SMARTS) is 1. The molecule has 0 saturated heterocycles. The highest BCUT2D eigenvalue weighted by atomic mass is 35.5. The Balaban J connectivity index is 3.12. The molecule has 1 aromatic rings. The molecule has 0 spiro atoms. The molecule has 0 bridgehead atoms. The van der Waals surface area contributed by atoms with E-state index < -0.39 is 12.0 Å². The van der Waals surface area contributed by atoms with Crippen LogP contribution in [0.5, 0.6) is 0 Å². The second-order valence-corrected chi connectivity index (χ2v) is 4.01. The van der Waals surface area contributed by atoms with Gasteiger partial charge in [-0.1, -0.05) is 23.7 Å². The number of rotatable bonds is 3. The highest BCUT2D eigenvalue weighted by Crippen LogP contribution is 2.29. The van der Waals surface area contributed by atoms with Crippen molar-refractivity contribution in [1.29, 1.82) is 0 Å². The quantitative estimate of drug-likeness (QED) is 0.834. The minimum absolute atomic E-state index is 0.107. The molecule has 3 N–H and O–H groups in total. The van der Waals surface area contributed by atoms with Crippen molar-refractivity contribution in [3.05, 3.63) is 33.8 Å². The van der Waals surface area contributed by atoms with Gasteiger partial charge in [-0.2, -0.15) is 0 Å². The van der Waals surface area contributed by atoms with Crippen LogP contribution in [0, 0.1) is 13.8 Å². The molecule has 1 unspecified atom stereocenters. The summed E-state index contributed by atoms with van der Waals surface area (Å²) in [4.78, 5) is 10.6. The normalized spacial score (nSPS) is 12.5. The summed E-state index contributed by atoms with van der Waals surface area (Å²) in [5.74, 6) is -0.917. The highest BCUT2D eigenvalue weighted by Gasteiger charge is 2.17. The molecule has 0 aliphatic carbocycles. The molecule has 15 heavy (non-hydrogen) atoms. The summed E-state index contributed by atoms with van der Waals surface area (Å²) in [6, 6.07) is 3.25. The average Bonchev–Trinajstić information content (AvgIpc) is 2.11. The summed E-state index contributed by atoms with van der Waals surface area (Å²) in [7, 11) is 0. The van der Waals surface area contributed by atoms with E-state index in [1.807, 2.05) is 26.0 Å². The Morgan fingerprint density at radius 2 is 2.00 bits per heavy atom. The Morgan fingerprint density at radius 1 is 1.47 bits per heavy atom. The third-order valence-electron chi connectivity index (χ3n) is 2.36. The molecule has 0 aliphatic heterocycles. The van der Waals surface area contributed by atoms with Crippen LogP contribution in [-0.2, 0) is 4.79 Å². The van der Waals surface area contributed by atoms with Crippen molar-refractivity contribution in [2.24, 2.45) is 5.73 Å². The van der Waals surface area contributed by atoms with Crippen molar-refractivity contribution in [2.75, 3.05) is 0 Å². The number of benzene rings is 1.